The Bertz CT molecular complexity index is 413. The molecule has 0 saturated heterocycles. The Hall–Kier alpha value is -0.540. The molecule has 1 heterocycles. The monoisotopic (exact) mass is 311 g/mol. The van der Waals surface area contributed by atoms with Crippen molar-refractivity contribution >= 4 is 15.9 Å². The highest BCUT2D eigenvalue weighted by atomic mass is 79.9. The molecule has 1 aromatic rings. The van der Waals surface area contributed by atoms with Gasteiger partial charge < -0.3 is 10.5 Å². The molecule has 18 heavy (non-hydrogen) atoms. The lowest BCUT2D eigenvalue weighted by atomic mass is 9.81. The molecule has 0 amide bonds. The highest BCUT2D eigenvalue weighted by Gasteiger charge is 2.38. The van der Waals surface area contributed by atoms with Crippen LogP contribution in [0.1, 0.15) is 57.6 Å². The highest BCUT2D eigenvalue weighted by molar-refractivity contribution is 9.10. The standard InChI is InChI=1S/C15H22BrNO/c1-3-7-15(8-4-2)10-13(17)12-9-11(16)5-6-14(12)18-15/h5-6,9,13H,3-4,7-8,10,17H2,1-2H3. The molecule has 0 aromatic heterocycles. The van der Waals surface area contributed by atoms with Crippen LogP contribution in [0.25, 0.3) is 0 Å². The van der Waals surface area contributed by atoms with Crippen LogP contribution in [0, 0.1) is 0 Å². The first-order valence-corrected chi connectivity index (χ1v) is 7.63. The second-order valence-corrected chi connectivity index (χ2v) is 6.19. The Morgan fingerprint density at radius 2 is 2.00 bits per heavy atom. The first kappa shape index (κ1) is 13.9. The maximum absolute atomic E-state index is 6.35. The minimum atomic E-state index is -0.0518. The van der Waals surface area contributed by atoms with E-state index in [1.807, 2.05) is 12.1 Å². The maximum Gasteiger partial charge on any atom is 0.124 e. The van der Waals surface area contributed by atoms with Crippen LogP contribution in [0.15, 0.2) is 22.7 Å². The smallest absolute Gasteiger partial charge is 0.124 e. The van der Waals surface area contributed by atoms with E-state index in [1.165, 1.54) is 0 Å². The van der Waals surface area contributed by atoms with Crippen molar-refractivity contribution in [3.8, 4) is 5.75 Å². The Morgan fingerprint density at radius 1 is 1.33 bits per heavy atom. The summed E-state index contributed by atoms with van der Waals surface area (Å²) in [5.41, 5.74) is 7.43. The van der Waals surface area contributed by atoms with Gasteiger partial charge in [-0.2, -0.15) is 0 Å². The van der Waals surface area contributed by atoms with E-state index in [4.69, 9.17) is 10.5 Å². The topological polar surface area (TPSA) is 35.2 Å². The molecule has 1 aliphatic heterocycles. The third-order valence-electron chi connectivity index (χ3n) is 3.70. The number of hydrogen-bond acceptors (Lipinski definition) is 2. The number of ether oxygens (including phenoxy) is 1. The molecule has 2 nitrogen and oxygen atoms in total. The Balaban J connectivity index is 2.32. The largest absolute Gasteiger partial charge is 0.487 e. The van der Waals surface area contributed by atoms with E-state index in [-0.39, 0.29) is 11.6 Å². The van der Waals surface area contributed by atoms with Crippen LogP contribution in [0.2, 0.25) is 0 Å². The van der Waals surface area contributed by atoms with E-state index in [0.717, 1.165) is 47.9 Å². The van der Waals surface area contributed by atoms with Crippen molar-refractivity contribution in [1.82, 2.24) is 0 Å². The minimum absolute atomic E-state index is 0.0518. The molecule has 1 unspecified atom stereocenters. The van der Waals surface area contributed by atoms with E-state index in [2.05, 4.69) is 35.8 Å². The van der Waals surface area contributed by atoms with Gasteiger partial charge in [-0.05, 0) is 31.0 Å². The second kappa shape index (κ2) is 5.62. The fraction of sp³-hybridized carbons (Fsp3) is 0.600. The number of hydrogen-bond donors (Lipinski definition) is 1. The van der Waals surface area contributed by atoms with Crippen LogP contribution in [-0.4, -0.2) is 5.60 Å². The molecular weight excluding hydrogens is 290 g/mol. The predicted octanol–water partition coefficient (Wildman–Crippen LogP) is 4.57. The van der Waals surface area contributed by atoms with Crippen molar-refractivity contribution < 1.29 is 4.74 Å². The fourth-order valence-electron chi connectivity index (χ4n) is 3.03. The Morgan fingerprint density at radius 3 is 2.61 bits per heavy atom. The van der Waals surface area contributed by atoms with Crippen LogP contribution in [-0.2, 0) is 0 Å². The molecule has 1 aliphatic rings. The molecule has 1 atom stereocenters. The number of halogens is 1. The van der Waals surface area contributed by atoms with Crippen LogP contribution < -0.4 is 10.5 Å². The van der Waals surface area contributed by atoms with Gasteiger partial charge in [-0.15, -0.1) is 0 Å². The lowest BCUT2D eigenvalue weighted by molar-refractivity contribution is 0.0179. The van der Waals surface area contributed by atoms with Gasteiger partial charge in [0.2, 0.25) is 0 Å². The van der Waals surface area contributed by atoms with Crippen molar-refractivity contribution in [3.05, 3.63) is 28.2 Å². The Kier molecular flexibility index (Phi) is 4.33. The summed E-state index contributed by atoms with van der Waals surface area (Å²) in [6, 6.07) is 6.24. The summed E-state index contributed by atoms with van der Waals surface area (Å²) in [4.78, 5) is 0. The summed E-state index contributed by atoms with van der Waals surface area (Å²) in [5.74, 6) is 0.971. The number of nitrogens with two attached hydrogens (primary N) is 1. The van der Waals surface area contributed by atoms with Crippen molar-refractivity contribution in [3.63, 3.8) is 0 Å². The van der Waals surface area contributed by atoms with Gasteiger partial charge in [0.15, 0.2) is 0 Å². The first-order chi connectivity index (χ1) is 8.60. The summed E-state index contributed by atoms with van der Waals surface area (Å²) in [5, 5.41) is 0. The normalized spacial score (nSPS) is 21.2. The average Bonchev–Trinajstić information content (AvgIpc) is 2.31. The molecule has 1 aromatic carbocycles. The molecule has 0 saturated carbocycles. The van der Waals surface area contributed by atoms with Crippen molar-refractivity contribution in [2.24, 2.45) is 5.73 Å². The van der Waals surface area contributed by atoms with Gasteiger partial charge in [0.05, 0.1) is 0 Å². The van der Waals surface area contributed by atoms with Crippen LogP contribution in [0.5, 0.6) is 5.75 Å². The third-order valence-corrected chi connectivity index (χ3v) is 4.19. The lowest BCUT2D eigenvalue weighted by Crippen LogP contribution is -2.42. The zero-order chi connectivity index (χ0) is 13.2. The highest BCUT2D eigenvalue weighted by Crippen LogP contribution is 2.43. The van der Waals surface area contributed by atoms with Gasteiger partial charge in [-0.1, -0.05) is 42.6 Å². The molecule has 2 rings (SSSR count). The molecule has 3 heteroatoms. The maximum atomic E-state index is 6.35. The van der Waals surface area contributed by atoms with Gasteiger partial charge in [0.25, 0.3) is 0 Å². The van der Waals surface area contributed by atoms with Crippen LogP contribution >= 0.6 is 15.9 Å². The van der Waals surface area contributed by atoms with Gasteiger partial charge in [-0.25, -0.2) is 0 Å². The molecule has 0 spiro atoms. The zero-order valence-electron chi connectivity index (χ0n) is 11.2. The Labute approximate surface area is 118 Å². The first-order valence-electron chi connectivity index (χ1n) is 6.84. The third kappa shape index (κ3) is 2.72. The fourth-order valence-corrected chi connectivity index (χ4v) is 3.41. The molecule has 2 N–H and O–H groups in total. The van der Waals surface area contributed by atoms with Crippen LogP contribution in [0.3, 0.4) is 0 Å². The van der Waals surface area contributed by atoms with Gasteiger partial charge >= 0.3 is 0 Å². The molecule has 100 valence electrons. The van der Waals surface area contributed by atoms with E-state index >= 15 is 0 Å². The van der Waals surface area contributed by atoms with Crippen molar-refractivity contribution in [2.45, 2.75) is 57.6 Å². The van der Waals surface area contributed by atoms with Crippen molar-refractivity contribution in [1.29, 1.82) is 0 Å². The molecule has 0 aliphatic carbocycles. The van der Waals surface area contributed by atoms with E-state index in [9.17, 15) is 0 Å². The summed E-state index contributed by atoms with van der Waals surface area (Å²) >= 11 is 3.50. The second-order valence-electron chi connectivity index (χ2n) is 5.28. The summed E-state index contributed by atoms with van der Waals surface area (Å²) < 4.78 is 7.39. The zero-order valence-corrected chi connectivity index (χ0v) is 12.8. The molecule has 0 bridgehead atoms. The average molecular weight is 312 g/mol. The van der Waals surface area contributed by atoms with Gasteiger partial charge in [0, 0.05) is 22.5 Å². The van der Waals surface area contributed by atoms with E-state index in [1.54, 1.807) is 0 Å². The minimum Gasteiger partial charge on any atom is -0.487 e. The number of benzene rings is 1. The SMILES string of the molecule is CCCC1(CCC)CC(N)c2cc(Br)ccc2O1. The summed E-state index contributed by atoms with van der Waals surface area (Å²) in [6.45, 7) is 4.42. The summed E-state index contributed by atoms with van der Waals surface area (Å²) in [6.07, 6.45) is 5.38. The molecular formula is C15H22BrNO. The predicted molar refractivity (Wildman–Crippen MR) is 78.9 cm³/mol. The van der Waals surface area contributed by atoms with Crippen LogP contribution in [0.4, 0.5) is 0 Å². The lowest BCUT2D eigenvalue weighted by Gasteiger charge is -2.41. The van der Waals surface area contributed by atoms with Gasteiger partial charge in [-0.3, -0.25) is 0 Å². The van der Waals surface area contributed by atoms with Gasteiger partial charge in [0.1, 0.15) is 11.4 Å². The number of rotatable bonds is 4. The van der Waals surface area contributed by atoms with E-state index in [0.29, 0.717) is 0 Å². The van der Waals surface area contributed by atoms with E-state index < -0.39 is 0 Å². The number of fused-ring (bicyclic) bond motifs is 1. The quantitative estimate of drug-likeness (QED) is 0.884. The molecule has 0 radical (unpaired) electrons. The molecule has 0 fully saturated rings. The summed E-state index contributed by atoms with van der Waals surface area (Å²) in [7, 11) is 0. The van der Waals surface area contributed by atoms with Crippen molar-refractivity contribution in [2.75, 3.05) is 0 Å².